The van der Waals surface area contributed by atoms with Crippen molar-refractivity contribution in [1.82, 2.24) is 4.90 Å². The van der Waals surface area contributed by atoms with Crippen LogP contribution in [0.15, 0.2) is 16.9 Å². The molecule has 15 heavy (non-hydrogen) atoms. The first-order chi connectivity index (χ1) is 7.23. The van der Waals surface area contributed by atoms with E-state index in [2.05, 4.69) is 4.99 Å². The first-order valence-corrected chi connectivity index (χ1v) is 5.59. The molecule has 0 spiro atoms. The second-order valence-corrected chi connectivity index (χ2v) is 4.88. The second kappa shape index (κ2) is 2.16. The van der Waals surface area contributed by atoms with Crippen LogP contribution in [0.4, 0.5) is 0 Å². The summed E-state index contributed by atoms with van der Waals surface area (Å²) >= 11 is 0. The van der Waals surface area contributed by atoms with Gasteiger partial charge in [-0.05, 0) is 12.8 Å². The van der Waals surface area contributed by atoms with Gasteiger partial charge in [-0.2, -0.15) is 0 Å². The van der Waals surface area contributed by atoms with E-state index in [0.717, 1.165) is 31.4 Å². The minimum Gasteiger partial charge on any atom is -0.360 e. The molecule has 1 saturated carbocycles. The molecule has 1 saturated heterocycles. The molecule has 0 radical (unpaired) electrons. The van der Waals surface area contributed by atoms with Crippen LogP contribution in [0.1, 0.15) is 25.7 Å². The van der Waals surface area contributed by atoms with Gasteiger partial charge in [-0.25, -0.2) is 4.99 Å². The highest BCUT2D eigenvalue weighted by Gasteiger charge is 2.66. The van der Waals surface area contributed by atoms with E-state index in [-0.39, 0.29) is 17.7 Å². The first-order valence-electron chi connectivity index (χ1n) is 5.59. The van der Waals surface area contributed by atoms with E-state index in [1.165, 1.54) is 0 Å². The topological polar surface area (TPSA) is 52.9 Å². The summed E-state index contributed by atoms with van der Waals surface area (Å²) in [6.07, 6.45) is 6.09. The van der Waals surface area contributed by atoms with Crippen molar-refractivity contribution < 1.29 is 9.90 Å². The van der Waals surface area contributed by atoms with Crippen LogP contribution in [0.2, 0.25) is 0 Å². The third-order valence-electron chi connectivity index (χ3n) is 4.16. The number of carbonyl (C=O) groups is 1. The molecular weight excluding hydrogens is 192 g/mol. The number of aliphatic hydroxyl groups is 1. The predicted molar refractivity (Wildman–Crippen MR) is 53.1 cm³/mol. The van der Waals surface area contributed by atoms with Crippen LogP contribution in [0, 0.1) is 5.92 Å². The smallest absolute Gasteiger partial charge is 0.245 e. The average Bonchev–Trinajstić information content (AvgIpc) is 2.93. The molecule has 3 atom stereocenters. The Morgan fingerprint density at radius 1 is 1.47 bits per heavy atom. The Balaban J connectivity index is 1.83. The van der Waals surface area contributed by atoms with Crippen molar-refractivity contribution in [1.29, 1.82) is 0 Å². The summed E-state index contributed by atoms with van der Waals surface area (Å²) in [5.41, 5.74) is 0.0754. The maximum atomic E-state index is 12.2. The van der Waals surface area contributed by atoms with Crippen molar-refractivity contribution in [2.75, 3.05) is 0 Å². The van der Waals surface area contributed by atoms with Gasteiger partial charge in [-0.3, -0.25) is 4.79 Å². The van der Waals surface area contributed by atoms with Crippen LogP contribution in [0.5, 0.6) is 0 Å². The Morgan fingerprint density at radius 2 is 2.27 bits per heavy atom. The zero-order valence-corrected chi connectivity index (χ0v) is 8.31. The van der Waals surface area contributed by atoms with Crippen LogP contribution in [0.3, 0.4) is 0 Å². The number of rotatable bonds is 0. The Kier molecular flexibility index (Phi) is 1.16. The quantitative estimate of drug-likeness (QED) is 0.622. The second-order valence-electron chi connectivity index (χ2n) is 4.88. The minimum absolute atomic E-state index is 0.0188. The Bertz CT molecular complexity index is 440. The summed E-state index contributed by atoms with van der Waals surface area (Å²) in [6.45, 7) is 0. The summed E-state index contributed by atoms with van der Waals surface area (Å²) in [6, 6.07) is 0.222. The highest BCUT2D eigenvalue weighted by Crippen LogP contribution is 2.50. The van der Waals surface area contributed by atoms with Gasteiger partial charge in [0.1, 0.15) is 11.4 Å². The first kappa shape index (κ1) is 8.05. The number of aliphatic imine (C=N–C) groups is 1. The standard InChI is InChI=1S/C11H12N2O2/c14-10-6-3-1-2-4-8(6)13-5-7-9(12-7)11(10,13)15/h5-6,8,15H,1-4H2. The van der Waals surface area contributed by atoms with Crippen molar-refractivity contribution in [3.05, 3.63) is 11.9 Å². The lowest BCUT2D eigenvalue weighted by Gasteiger charge is -2.31. The molecular formula is C11H12N2O2. The summed E-state index contributed by atoms with van der Waals surface area (Å²) < 4.78 is 0. The summed E-state index contributed by atoms with van der Waals surface area (Å²) in [5, 5.41) is 10.4. The van der Waals surface area contributed by atoms with Crippen LogP contribution in [-0.2, 0) is 4.79 Å². The third-order valence-corrected chi connectivity index (χ3v) is 4.16. The molecule has 0 amide bonds. The highest BCUT2D eigenvalue weighted by molar-refractivity contribution is 6.30. The molecule has 3 aliphatic heterocycles. The molecule has 2 fully saturated rings. The maximum absolute atomic E-state index is 12.2. The monoisotopic (exact) mass is 204 g/mol. The molecule has 4 heteroatoms. The third kappa shape index (κ3) is 0.718. The van der Waals surface area contributed by atoms with Crippen molar-refractivity contribution in [3.8, 4) is 0 Å². The van der Waals surface area contributed by atoms with Gasteiger partial charge < -0.3 is 10.0 Å². The van der Waals surface area contributed by atoms with Gasteiger partial charge >= 0.3 is 0 Å². The SMILES string of the molecule is O=C1C2CCCCC2N2C=C3N=C3C12O. The van der Waals surface area contributed by atoms with Gasteiger partial charge in [0.15, 0.2) is 5.78 Å². The molecule has 1 N–H and O–H groups in total. The van der Waals surface area contributed by atoms with E-state index in [9.17, 15) is 9.90 Å². The predicted octanol–water partition coefficient (Wildman–Crippen LogP) is 0.428. The molecule has 0 aromatic heterocycles. The number of hydrogen-bond acceptors (Lipinski definition) is 4. The molecule has 1 aliphatic carbocycles. The molecule has 4 aliphatic rings. The summed E-state index contributed by atoms with van der Waals surface area (Å²) in [5.74, 6) is 0.0135. The van der Waals surface area contributed by atoms with E-state index >= 15 is 0 Å². The van der Waals surface area contributed by atoms with Gasteiger partial charge in [0.25, 0.3) is 0 Å². The number of Topliss-reactive ketones (excluding diaryl/α,β-unsaturated/α-hetero) is 1. The van der Waals surface area contributed by atoms with E-state index in [1.807, 2.05) is 11.1 Å². The fourth-order valence-corrected chi connectivity index (χ4v) is 3.37. The van der Waals surface area contributed by atoms with E-state index < -0.39 is 5.72 Å². The molecule has 0 bridgehead atoms. The van der Waals surface area contributed by atoms with Gasteiger partial charge in [0, 0.05) is 18.2 Å². The number of carbonyl (C=O) groups excluding carboxylic acids is 1. The van der Waals surface area contributed by atoms with Crippen LogP contribution in [0.25, 0.3) is 0 Å². The fraction of sp³-hybridized carbons (Fsp3) is 0.636. The van der Waals surface area contributed by atoms with Crippen molar-refractivity contribution in [2.45, 2.75) is 37.5 Å². The number of ketones is 1. The van der Waals surface area contributed by atoms with Gasteiger partial charge in [-0.1, -0.05) is 12.8 Å². The van der Waals surface area contributed by atoms with Crippen molar-refractivity contribution in [3.63, 3.8) is 0 Å². The van der Waals surface area contributed by atoms with Crippen LogP contribution >= 0.6 is 0 Å². The number of nitrogens with zero attached hydrogens (tertiary/aromatic N) is 2. The lowest BCUT2D eigenvalue weighted by Crippen LogP contribution is -2.48. The maximum Gasteiger partial charge on any atom is 0.245 e. The molecule has 0 aromatic carbocycles. The van der Waals surface area contributed by atoms with Crippen molar-refractivity contribution >= 4 is 11.5 Å². The van der Waals surface area contributed by atoms with E-state index in [1.54, 1.807) is 0 Å². The average molecular weight is 204 g/mol. The molecule has 3 heterocycles. The van der Waals surface area contributed by atoms with E-state index in [4.69, 9.17) is 0 Å². The molecule has 4 nitrogen and oxygen atoms in total. The molecule has 3 unspecified atom stereocenters. The molecule has 78 valence electrons. The fourth-order valence-electron chi connectivity index (χ4n) is 3.37. The Hall–Kier alpha value is -1.16. The van der Waals surface area contributed by atoms with Gasteiger partial charge in [0.2, 0.25) is 5.72 Å². The summed E-state index contributed by atoms with van der Waals surface area (Å²) in [4.78, 5) is 18.1. The molecule has 0 aromatic rings. The Morgan fingerprint density at radius 3 is 3.13 bits per heavy atom. The van der Waals surface area contributed by atoms with Crippen molar-refractivity contribution in [2.24, 2.45) is 10.9 Å². The van der Waals surface area contributed by atoms with Gasteiger partial charge in [-0.15, -0.1) is 0 Å². The van der Waals surface area contributed by atoms with E-state index in [0.29, 0.717) is 5.71 Å². The zero-order valence-electron chi connectivity index (χ0n) is 8.31. The minimum atomic E-state index is -1.37. The Labute approximate surface area is 87.3 Å². The largest absolute Gasteiger partial charge is 0.360 e. The lowest BCUT2D eigenvalue weighted by molar-refractivity contribution is -0.135. The zero-order chi connectivity index (χ0) is 10.2. The number of fused-ring (bicyclic) bond motifs is 5. The number of hydrogen-bond donors (Lipinski definition) is 1. The normalized spacial score (nSPS) is 45.7. The van der Waals surface area contributed by atoms with Gasteiger partial charge in [0.05, 0.1) is 0 Å². The summed E-state index contributed by atoms with van der Waals surface area (Å²) in [7, 11) is 0. The molecule has 4 rings (SSSR count). The highest BCUT2D eigenvalue weighted by atomic mass is 16.3. The van der Waals surface area contributed by atoms with Crippen LogP contribution in [-0.4, -0.2) is 33.3 Å². The lowest BCUT2D eigenvalue weighted by atomic mass is 9.83. The van der Waals surface area contributed by atoms with Crippen LogP contribution < -0.4 is 0 Å².